The molecule has 1 unspecified atom stereocenters. The van der Waals surface area contributed by atoms with Gasteiger partial charge in [-0.3, -0.25) is 0 Å². The third-order valence-corrected chi connectivity index (χ3v) is 1.78. The second-order valence-corrected chi connectivity index (χ2v) is 2.57. The topological polar surface area (TPSA) is 35.5 Å². The third-order valence-electron chi connectivity index (χ3n) is 1.78. The van der Waals surface area contributed by atoms with Crippen molar-refractivity contribution in [1.29, 1.82) is 0 Å². The molecule has 66 valence electrons. The lowest BCUT2D eigenvalue weighted by molar-refractivity contribution is -0.141. The number of rotatable bonds is 2. The minimum Gasteiger partial charge on any atom is -0.490 e. The molecule has 0 fully saturated rings. The quantitative estimate of drug-likeness (QED) is 0.462. The van der Waals surface area contributed by atoms with Crippen molar-refractivity contribution in [3.63, 3.8) is 0 Å². The Bertz CT molecular complexity index is 250. The zero-order valence-electron chi connectivity index (χ0n) is 7.46. The molecule has 0 aromatic rings. The van der Waals surface area contributed by atoms with Crippen molar-refractivity contribution < 1.29 is 14.3 Å². The van der Waals surface area contributed by atoms with E-state index in [0.29, 0.717) is 5.76 Å². The second-order valence-electron chi connectivity index (χ2n) is 2.57. The smallest absolute Gasteiger partial charge is 0.374 e. The Balaban J connectivity index is 2.88. The molecular formula is C9H12O3. The molecule has 1 aliphatic rings. The number of ether oxygens (including phenoxy) is 2. The van der Waals surface area contributed by atoms with Crippen molar-refractivity contribution >= 4 is 5.97 Å². The Morgan fingerprint density at radius 3 is 2.67 bits per heavy atom. The van der Waals surface area contributed by atoms with Crippen LogP contribution in [0.5, 0.6) is 0 Å². The summed E-state index contributed by atoms with van der Waals surface area (Å²) in [4.78, 5) is 11.1. The van der Waals surface area contributed by atoms with Gasteiger partial charge >= 0.3 is 5.97 Å². The highest BCUT2D eigenvalue weighted by Gasteiger charge is 2.30. The lowest BCUT2D eigenvalue weighted by Gasteiger charge is -2.02. The molecule has 1 heterocycles. The molecule has 12 heavy (non-hydrogen) atoms. The number of hydrogen-bond donors (Lipinski definition) is 0. The second kappa shape index (κ2) is 3.43. The summed E-state index contributed by atoms with van der Waals surface area (Å²) < 4.78 is 9.88. The van der Waals surface area contributed by atoms with Crippen LogP contribution in [0.25, 0.3) is 0 Å². The van der Waals surface area contributed by atoms with Crippen LogP contribution in [-0.4, -0.2) is 19.2 Å². The first-order chi connectivity index (χ1) is 5.70. The summed E-state index contributed by atoms with van der Waals surface area (Å²) in [6.45, 7) is 3.71. The Morgan fingerprint density at radius 1 is 1.58 bits per heavy atom. The first kappa shape index (κ1) is 8.84. The number of carbonyl (C=O) groups is 1. The molecule has 1 atom stereocenters. The van der Waals surface area contributed by atoms with Gasteiger partial charge in [0.25, 0.3) is 0 Å². The molecule has 3 heteroatoms. The average Bonchev–Trinajstić information content (AvgIpc) is 2.29. The summed E-state index contributed by atoms with van der Waals surface area (Å²) in [6.07, 6.45) is 3.43. The largest absolute Gasteiger partial charge is 0.490 e. The molecular weight excluding hydrogens is 156 g/mol. The molecule has 3 nitrogen and oxygen atoms in total. The van der Waals surface area contributed by atoms with Gasteiger partial charge in [-0.1, -0.05) is 6.08 Å². The number of allylic oxidation sites excluding steroid dienone is 1. The van der Waals surface area contributed by atoms with Gasteiger partial charge in [-0.2, -0.15) is 0 Å². The lowest BCUT2D eigenvalue weighted by Crippen LogP contribution is -2.06. The summed E-state index contributed by atoms with van der Waals surface area (Å²) >= 11 is 0. The molecule has 0 saturated carbocycles. The van der Waals surface area contributed by atoms with Gasteiger partial charge in [0.1, 0.15) is 6.10 Å². The number of cyclic esters (lactones) is 1. The van der Waals surface area contributed by atoms with Crippen molar-refractivity contribution in [2.24, 2.45) is 0 Å². The SMILES string of the molecule is CC=CC1OC(=O)C(OC)=C1C. The summed E-state index contributed by atoms with van der Waals surface area (Å²) in [5.74, 6) is -0.0452. The summed E-state index contributed by atoms with van der Waals surface area (Å²) in [5, 5.41) is 0. The standard InChI is InChI=1S/C9H12O3/c1-4-5-7-6(2)8(11-3)9(10)12-7/h4-5,7H,1-3H3. The number of carbonyl (C=O) groups excluding carboxylic acids is 1. The van der Waals surface area contributed by atoms with E-state index in [1.165, 1.54) is 7.11 Å². The van der Waals surface area contributed by atoms with Gasteiger partial charge in [-0.25, -0.2) is 4.79 Å². The lowest BCUT2D eigenvalue weighted by atomic mass is 10.1. The molecule has 0 saturated heterocycles. The highest BCUT2D eigenvalue weighted by atomic mass is 16.6. The Labute approximate surface area is 71.7 Å². The molecule has 0 spiro atoms. The minimum absolute atomic E-state index is 0.238. The van der Waals surface area contributed by atoms with Gasteiger partial charge in [0.15, 0.2) is 0 Å². The van der Waals surface area contributed by atoms with Crippen LogP contribution in [0.3, 0.4) is 0 Å². The van der Waals surface area contributed by atoms with Crippen LogP contribution in [0.15, 0.2) is 23.5 Å². The van der Waals surface area contributed by atoms with E-state index in [-0.39, 0.29) is 12.1 Å². The van der Waals surface area contributed by atoms with Crippen LogP contribution in [0.2, 0.25) is 0 Å². The Kier molecular flexibility index (Phi) is 2.53. The van der Waals surface area contributed by atoms with E-state index < -0.39 is 0 Å². The van der Waals surface area contributed by atoms with E-state index in [0.717, 1.165) is 5.57 Å². The molecule has 0 bridgehead atoms. The fraction of sp³-hybridized carbons (Fsp3) is 0.444. The van der Waals surface area contributed by atoms with E-state index >= 15 is 0 Å². The van der Waals surface area contributed by atoms with Crippen LogP contribution in [0.4, 0.5) is 0 Å². The van der Waals surface area contributed by atoms with Crippen LogP contribution in [0.1, 0.15) is 13.8 Å². The van der Waals surface area contributed by atoms with E-state index in [2.05, 4.69) is 0 Å². The average molecular weight is 168 g/mol. The molecule has 0 amide bonds. The fourth-order valence-electron chi connectivity index (χ4n) is 1.15. The van der Waals surface area contributed by atoms with Crippen molar-refractivity contribution in [2.45, 2.75) is 20.0 Å². The Hall–Kier alpha value is -1.25. The predicted octanol–water partition coefficient (Wildman–Crippen LogP) is 1.41. The van der Waals surface area contributed by atoms with Crippen LogP contribution in [0, 0.1) is 0 Å². The number of hydrogen-bond acceptors (Lipinski definition) is 3. The molecule has 0 N–H and O–H groups in total. The normalized spacial score (nSPS) is 23.6. The zero-order chi connectivity index (χ0) is 9.14. The maximum atomic E-state index is 11.1. The molecule has 1 aliphatic heterocycles. The van der Waals surface area contributed by atoms with E-state index in [9.17, 15) is 4.79 Å². The van der Waals surface area contributed by atoms with Gasteiger partial charge in [-0.15, -0.1) is 0 Å². The van der Waals surface area contributed by atoms with E-state index in [4.69, 9.17) is 9.47 Å². The van der Waals surface area contributed by atoms with Crippen LogP contribution < -0.4 is 0 Å². The van der Waals surface area contributed by atoms with Crippen LogP contribution >= 0.6 is 0 Å². The molecule has 0 radical (unpaired) electrons. The van der Waals surface area contributed by atoms with Gasteiger partial charge in [0, 0.05) is 5.57 Å². The third kappa shape index (κ3) is 1.35. The minimum atomic E-state index is -0.377. The first-order valence-electron chi connectivity index (χ1n) is 3.79. The van der Waals surface area contributed by atoms with Crippen LogP contribution in [-0.2, 0) is 14.3 Å². The van der Waals surface area contributed by atoms with Crippen molar-refractivity contribution in [3.05, 3.63) is 23.5 Å². The van der Waals surface area contributed by atoms with Gasteiger partial charge < -0.3 is 9.47 Å². The molecule has 0 aromatic carbocycles. The molecule has 1 rings (SSSR count). The summed E-state index contributed by atoms with van der Waals surface area (Å²) in [5.41, 5.74) is 0.834. The molecule has 0 aromatic heterocycles. The fourth-order valence-corrected chi connectivity index (χ4v) is 1.15. The highest BCUT2D eigenvalue weighted by Crippen LogP contribution is 2.23. The first-order valence-corrected chi connectivity index (χ1v) is 3.79. The number of methoxy groups -OCH3 is 1. The van der Waals surface area contributed by atoms with Crippen molar-refractivity contribution in [1.82, 2.24) is 0 Å². The number of esters is 1. The summed E-state index contributed by atoms with van der Waals surface area (Å²) in [7, 11) is 1.47. The maximum absolute atomic E-state index is 11.1. The van der Waals surface area contributed by atoms with Gasteiger partial charge in [0.05, 0.1) is 7.11 Å². The van der Waals surface area contributed by atoms with Gasteiger partial charge in [0.2, 0.25) is 5.76 Å². The Morgan fingerprint density at radius 2 is 2.25 bits per heavy atom. The highest BCUT2D eigenvalue weighted by molar-refractivity contribution is 5.90. The zero-order valence-corrected chi connectivity index (χ0v) is 7.46. The monoisotopic (exact) mass is 168 g/mol. The predicted molar refractivity (Wildman–Crippen MR) is 44.4 cm³/mol. The maximum Gasteiger partial charge on any atom is 0.374 e. The molecule has 0 aliphatic carbocycles. The van der Waals surface area contributed by atoms with E-state index in [1.807, 2.05) is 26.0 Å². The van der Waals surface area contributed by atoms with Gasteiger partial charge in [-0.05, 0) is 19.9 Å². The van der Waals surface area contributed by atoms with E-state index in [1.54, 1.807) is 0 Å². The van der Waals surface area contributed by atoms with Crippen molar-refractivity contribution in [2.75, 3.05) is 7.11 Å². The van der Waals surface area contributed by atoms with Crippen molar-refractivity contribution in [3.8, 4) is 0 Å². The summed E-state index contributed by atoms with van der Waals surface area (Å²) in [6, 6.07) is 0.